The summed E-state index contributed by atoms with van der Waals surface area (Å²) in [7, 11) is 0. The van der Waals surface area contributed by atoms with Crippen LogP contribution in [0.2, 0.25) is 0 Å². The van der Waals surface area contributed by atoms with Crippen molar-refractivity contribution in [3.8, 4) is 0 Å². The summed E-state index contributed by atoms with van der Waals surface area (Å²) < 4.78 is 12.2. The molecule has 0 rings (SSSR count). The van der Waals surface area contributed by atoms with Gasteiger partial charge in [0.15, 0.2) is 5.54 Å². The summed E-state index contributed by atoms with van der Waals surface area (Å²) in [5, 5.41) is 8.53. The van der Waals surface area contributed by atoms with Crippen LogP contribution < -0.4 is 11.5 Å². The predicted octanol–water partition coefficient (Wildman–Crippen LogP) is -0.357. The molecule has 0 heterocycles. The molecule has 0 aliphatic rings. The van der Waals surface area contributed by atoms with E-state index in [9.17, 15) is 9.18 Å². The lowest BCUT2D eigenvalue weighted by Crippen LogP contribution is -2.48. The SMILES string of the molecule is CC(=CC(N)(CF)C(=O)O)CN. The van der Waals surface area contributed by atoms with E-state index in [1.165, 1.54) is 0 Å². The van der Waals surface area contributed by atoms with Crippen LogP contribution in [0, 0.1) is 0 Å². The van der Waals surface area contributed by atoms with Crippen LogP contribution in [0.5, 0.6) is 0 Å². The van der Waals surface area contributed by atoms with Gasteiger partial charge in [-0.05, 0) is 6.92 Å². The quantitative estimate of drug-likeness (QED) is 0.510. The van der Waals surface area contributed by atoms with E-state index in [0.29, 0.717) is 5.57 Å². The van der Waals surface area contributed by atoms with Crippen molar-refractivity contribution >= 4 is 5.97 Å². The van der Waals surface area contributed by atoms with E-state index in [0.717, 1.165) is 6.08 Å². The van der Waals surface area contributed by atoms with Gasteiger partial charge >= 0.3 is 5.97 Å². The molecular weight excluding hydrogens is 163 g/mol. The first-order valence-electron chi connectivity index (χ1n) is 3.43. The lowest BCUT2D eigenvalue weighted by molar-refractivity contribution is -0.141. The van der Waals surface area contributed by atoms with Gasteiger partial charge in [-0.15, -0.1) is 0 Å². The van der Waals surface area contributed by atoms with Gasteiger partial charge in [-0.1, -0.05) is 11.6 Å². The van der Waals surface area contributed by atoms with Gasteiger partial charge < -0.3 is 16.6 Å². The number of carboxylic acid groups (broad SMARTS) is 1. The maximum absolute atomic E-state index is 12.2. The Morgan fingerprint density at radius 3 is 2.50 bits per heavy atom. The van der Waals surface area contributed by atoms with E-state index >= 15 is 0 Å². The molecule has 5 heteroatoms. The van der Waals surface area contributed by atoms with Crippen LogP contribution in [-0.4, -0.2) is 29.8 Å². The molecular formula is C7H13FN2O2. The number of aliphatic carboxylic acids is 1. The van der Waals surface area contributed by atoms with Crippen molar-refractivity contribution < 1.29 is 14.3 Å². The molecule has 0 amide bonds. The van der Waals surface area contributed by atoms with Crippen molar-refractivity contribution in [1.29, 1.82) is 0 Å². The zero-order valence-corrected chi connectivity index (χ0v) is 6.88. The Kier molecular flexibility index (Phi) is 3.85. The maximum atomic E-state index is 12.2. The van der Waals surface area contributed by atoms with E-state index in [-0.39, 0.29) is 6.54 Å². The van der Waals surface area contributed by atoms with E-state index < -0.39 is 18.2 Å². The minimum Gasteiger partial charge on any atom is -0.480 e. The summed E-state index contributed by atoms with van der Waals surface area (Å²) in [6.07, 6.45) is 1.13. The van der Waals surface area contributed by atoms with Crippen LogP contribution in [0.3, 0.4) is 0 Å². The molecule has 70 valence electrons. The zero-order valence-electron chi connectivity index (χ0n) is 6.88. The van der Waals surface area contributed by atoms with Gasteiger partial charge in [0.05, 0.1) is 0 Å². The molecule has 4 nitrogen and oxygen atoms in total. The second-order valence-corrected chi connectivity index (χ2v) is 2.67. The first-order chi connectivity index (χ1) is 5.46. The lowest BCUT2D eigenvalue weighted by Gasteiger charge is -2.17. The van der Waals surface area contributed by atoms with Crippen molar-refractivity contribution in [3.05, 3.63) is 11.6 Å². The highest BCUT2D eigenvalue weighted by molar-refractivity contribution is 5.81. The molecule has 0 aliphatic heterocycles. The highest BCUT2D eigenvalue weighted by Crippen LogP contribution is 2.07. The second-order valence-electron chi connectivity index (χ2n) is 2.67. The molecule has 1 unspecified atom stereocenters. The highest BCUT2D eigenvalue weighted by atomic mass is 19.1. The largest absolute Gasteiger partial charge is 0.480 e. The average molecular weight is 176 g/mol. The fourth-order valence-electron chi connectivity index (χ4n) is 0.656. The van der Waals surface area contributed by atoms with Gasteiger partial charge in [0.1, 0.15) is 6.67 Å². The smallest absolute Gasteiger partial charge is 0.330 e. The topological polar surface area (TPSA) is 89.3 Å². The fraction of sp³-hybridized carbons (Fsp3) is 0.571. The van der Waals surface area contributed by atoms with Gasteiger partial charge in [0.2, 0.25) is 0 Å². The Balaban J connectivity index is 4.66. The van der Waals surface area contributed by atoms with Crippen molar-refractivity contribution in [2.75, 3.05) is 13.2 Å². The number of hydrogen-bond donors (Lipinski definition) is 3. The monoisotopic (exact) mass is 176 g/mol. The Bertz CT molecular complexity index is 206. The molecule has 0 saturated heterocycles. The first kappa shape index (κ1) is 11.1. The van der Waals surface area contributed by atoms with Crippen LogP contribution in [0.25, 0.3) is 0 Å². The maximum Gasteiger partial charge on any atom is 0.330 e. The number of carbonyl (C=O) groups is 1. The number of nitrogens with two attached hydrogens (primary N) is 2. The Morgan fingerprint density at radius 1 is 1.75 bits per heavy atom. The molecule has 12 heavy (non-hydrogen) atoms. The minimum absolute atomic E-state index is 0.173. The molecule has 5 N–H and O–H groups in total. The molecule has 0 saturated carbocycles. The minimum atomic E-state index is -1.93. The van der Waals surface area contributed by atoms with Crippen molar-refractivity contribution in [3.63, 3.8) is 0 Å². The Labute approximate surface area is 70.0 Å². The third kappa shape index (κ3) is 2.60. The van der Waals surface area contributed by atoms with Gasteiger partial charge in [-0.25, -0.2) is 9.18 Å². The lowest BCUT2D eigenvalue weighted by atomic mass is 10.00. The molecule has 0 fully saturated rings. The number of hydrogen-bond acceptors (Lipinski definition) is 3. The molecule has 1 atom stereocenters. The zero-order chi connectivity index (χ0) is 9.78. The summed E-state index contributed by atoms with van der Waals surface area (Å²) in [5.74, 6) is -1.39. The number of carboxylic acids is 1. The van der Waals surface area contributed by atoms with Crippen LogP contribution in [0.15, 0.2) is 11.6 Å². The Hall–Kier alpha value is -0.940. The second kappa shape index (κ2) is 4.18. The first-order valence-corrected chi connectivity index (χ1v) is 3.43. The molecule has 0 bridgehead atoms. The summed E-state index contributed by atoms with van der Waals surface area (Å²) >= 11 is 0. The average Bonchev–Trinajstić information content (AvgIpc) is 2.03. The summed E-state index contributed by atoms with van der Waals surface area (Å²) in [5.41, 5.74) is 9.03. The molecule has 0 radical (unpaired) electrons. The molecule has 0 aromatic rings. The van der Waals surface area contributed by atoms with Gasteiger partial charge in [0, 0.05) is 6.54 Å². The van der Waals surface area contributed by atoms with Gasteiger partial charge in [0.25, 0.3) is 0 Å². The van der Waals surface area contributed by atoms with Crippen molar-refractivity contribution in [2.24, 2.45) is 11.5 Å². The van der Waals surface area contributed by atoms with Gasteiger partial charge in [-0.3, -0.25) is 0 Å². The number of rotatable bonds is 4. The standard InChI is InChI=1S/C7H13FN2O2/c1-5(3-9)2-7(10,4-8)6(11)12/h2H,3-4,9-10H2,1H3,(H,11,12). The van der Waals surface area contributed by atoms with Crippen LogP contribution >= 0.6 is 0 Å². The molecule has 0 spiro atoms. The fourth-order valence-corrected chi connectivity index (χ4v) is 0.656. The third-order valence-corrected chi connectivity index (χ3v) is 1.45. The predicted molar refractivity (Wildman–Crippen MR) is 43.3 cm³/mol. The van der Waals surface area contributed by atoms with E-state index in [1.54, 1.807) is 6.92 Å². The van der Waals surface area contributed by atoms with E-state index in [4.69, 9.17) is 16.6 Å². The Morgan fingerprint density at radius 2 is 2.25 bits per heavy atom. The normalized spacial score (nSPS) is 17.2. The van der Waals surface area contributed by atoms with Crippen LogP contribution in [0.1, 0.15) is 6.92 Å². The summed E-state index contributed by atoms with van der Waals surface area (Å²) in [6, 6.07) is 0. The highest BCUT2D eigenvalue weighted by Gasteiger charge is 2.31. The molecule has 0 aliphatic carbocycles. The van der Waals surface area contributed by atoms with E-state index in [1.807, 2.05) is 0 Å². The van der Waals surface area contributed by atoms with Crippen LogP contribution in [0.4, 0.5) is 4.39 Å². The molecule has 0 aromatic carbocycles. The summed E-state index contributed by atoms with van der Waals surface area (Å²) in [6.45, 7) is 0.631. The third-order valence-electron chi connectivity index (χ3n) is 1.45. The summed E-state index contributed by atoms with van der Waals surface area (Å²) in [4.78, 5) is 10.5. The van der Waals surface area contributed by atoms with Crippen molar-refractivity contribution in [1.82, 2.24) is 0 Å². The van der Waals surface area contributed by atoms with E-state index in [2.05, 4.69) is 0 Å². The van der Waals surface area contributed by atoms with Crippen LogP contribution in [-0.2, 0) is 4.79 Å². The number of alkyl halides is 1. The van der Waals surface area contributed by atoms with Gasteiger partial charge in [-0.2, -0.15) is 0 Å². The number of halogens is 1. The molecule has 0 aromatic heterocycles. The van der Waals surface area contributed by atoms with Crippen molar-refractivity contribution in [2.45, 2.75) is 12.5 Å².